The van der Waals surface area contributed by atoms with Crippen LogP contribution in [-0.2, 0) is 4.79 Å². The molecule has 1 amide bonds. The summed E-state index contributed by atoms with van der Waals surface area (Å²) in [5, 5.41) is 6.90. The molecular weight excluding hydrogens is 360 g/mol. The number of halogens is 1. The minimum absolute atomic E-state index is 0.177. The van der Waals surface area contributed by atoms with E-state index in [0.29, 0.717) is 23.1 Å². The maximum atomic E-state index is 13.1. The van der Waals surface area contributed by atoms with Crippen LogP contribution < -0.4 is 15.4 Å². The maximum absolute atomic E-state index is 13.1. The Balaban J connectivity index is 1.86. The van der Waals surface area contributed by atoms with E-state index in [-0.39, 0.29) is 5.91 Å². The Kier molecular flexibility index (Phi) is 6.34. The molecule has 0 heterocycles. The van der Waals surface area contributed by atoms with Crippen LogP contribution in [0.2, 0.25) is 5.02 Å². The number of carbonyl (C=O) groups is 1. The first kappa shape index (κ1) is 18.8. The third-order valence-electron chi connectivity index (χ3n) is 4.00. The van der Waals surface area contributed by atoms with Crippen molar-refractivity contribution in [3.8, 4) is 5.75 Å². The van der Waals surface area contributed by atoms with Crippen LogP contribution >= 0.6 is 11.6 Å². The molecule has 5 heteroatoms. The maximum Gasteiger partial charge on any atom is 0.251 e. The number of benzene rings is 3. The Labute approximate surface area is 164 Å². The lowest BCUT2D eigenvalue weighted by molar-refractivity contribution is -0.117. The molecule has 3 aromatic carbocycles. The first-order chi connectivity index (χ1) is 13.2. The van der Waals surface area contributed by atoms with Gasteiger partial charge in [-0.05, 0) is 48.9 Å². The number of hydrogen-bond acceptors (Lipinski definition) is 3. The number of hydrogen-bond donors (Lipinski definition) is 2. The summed E-state index contributed by atoms with van der Waals surface area (Å²) in [6.07, 6.45) is 0. The average Bonchev–Trinajstić information content (AvgIpc) is 2.70. The number of carbonyl (C=O) groups excluding carboxylic acids is 1. The van der Waals surface area contributed by atoms with Gasteiger partial charge in [-0.25, -0.2) is 0 Å². The van der Waals surface area contributed by atoms with Crippen molar-refractivity contribution in [2.24, 2.45) is 0 Å². The van der Waals surface area contributed by atoms with E-state index in [1.165, 1.54) is 0 Å². The van der Waals surface area contributed by atoms with Crippen molar-refractivity contribution in [2.75, 3.05) is 17.2 Å². The van der Waals surface area contributed by atoms with Crippen LogP contribution in [0.25, 0.3) is 0 Å². The minimum atomic E-state index is -0.568. The largest absolute Gasteiger partial charge is 0.492 e. The van der Waals surface area contributed by atoms with E-state index in [1.807, 2.05) is 73.7 Å². The average molecular weight is 381 g/mol. The van der Waals surface area contributed by atoms with E-state index in [9.17, 15) is 4.79 Å². The van der Waals surface area contributed by atoms with Crippen molar-refractivity contribution in [1.29, 1.82) is 0 Å². The Morgan fingerprint density at radius 2 is 1.63 bits per heavy atom. The van der Waals surface area contributed by atoms with Crippen LogP contribution in [0.3, 0.4) is 0 Å². The van der Waals surface area contributed by atoms with Gasteiger partial charge in [-0.2, -0.15) is 0 Å². The van der Waals surface area contributed by atoms with Crippen molar-refractivity contribution in [3.63, 3.8) is 0 Å². The van der Waals surface area contributed by atoms with Gasteiger partial charge in [0.05, 0.1) is 12.3 Å². The second kappa shape index (κ2) is 9.10. The highest BCUT2D eigenvalue weighted by Crippen LogP contribution is 2.27. The topological polar surface area (TPSA) is 50.4 Å². The van der Waals surface area contributed by atoms with Gasteiger partial charge in [-0.15, -0.1) is 0 Å². The number of para-hydroxylation sites is 2. The van der Waals surface area contributed by atoms with Crippen LogP contribution in [0, 0.1) is 0 Å². The summed E-state index contributed by atoms with van der Waals surface area (Å²) in [7, 11) is 0. The van der Waals surface area contributed by atoms with E-state index >= 15 is 0 Å². The fourth-order valence-corrected chi connectivity index (χ4v) is 2.84. The van der Waals surface area contributed by atoms with Gasteiger partial charge in [0.15, 0.2) is 0 Å². The summed E-state index contributed by atoms with van der Waals surface area (Å²) in [4.78, 5) is 13.1. The van der Waals surface area contributed by atoms with Crippen LogP contribution in [0.1, 0.15) is 18.5 Å². The molecule has 0 fully saturated rings. The molecule has 0 aliphatic heterocycles. The molecule has 138 valence electrons. The highest BCUT2D eigenvalue weighted by molar-refractivity contribution is 6.30. The number of amides is 1. The first-order valence-corrected chi connectivity index (χ1v) is 9.15. The number of ether oxygens (including phenoxy) is 1. The SMILES string of the molecule is CCOc1ccccc1NC(=O)[C@@H](Nc1ccc(Cl)cc1)c1ccccc1. The van der Waals surface area contributed by atoms with Crippen molar-refractivity contribution < 1.29 is 9.53 Å². The van der Waals surface area contributed by atoms with E-state index < -0.39 is 6.04 Å². The molecule has 2 N–H and O–H groups in total. The van der Waals surface area contributed by atoms with Gasteiger partial charge in [0.25, 0.3) is 5.91 Å². The zero-order chi connectivity index (χ0) is 19.1. The lowest BCUT2D eigenvalue weighted by atomic mass is 10.1. The van der Waals surface area contributed by atoms with E-state index in [2.05, 4.69) is 10.6 Å². The monoisotopic (exact) mass is 380 g/mol. The Morgan fingerprint density at radius 3 is 2.33 bits per heavy atom. The molecular formula is C22H21ClN2O2. The minimum Gasteiger partial charge on any atom is -0.492 e. The summed E-state index contributed by atoms with van der Waals surface area (Å²) in [6.45, 7) is 2.44. The fraction of sp³-hybridized carbons (Fsp3) is 0.136. The van der Waals surface area contributed by atoms with Crippen LogP contribution in [0.4, 0.5) is 11.4 Å². The molecule has 4 nitrogen and oxygen atoms in total. The number of nitrogens with one attached hydrogen (secondary N) is 2. The molecule has 0 aliphatic rings. The summed E-state index contributed by atoms with van der Waals surface area (Å²) in [5.74, 6) is 0.468. The summed E-state index contributed by atoms with van der Waals surface area (Å²) < 4.78 is 5.60. The van der Waals surface area contributed by atoms with Gasteiger partial charge in [0.2, 0.25) is 0 Å². The van der Waals surface area contributed by atoms with E-state index in [1.54, 1.807) is 12.1 Å². The summed E-state index contributed by atoms with van der Waals surface area (Å²) in [6, 6.07) is 23.7. The van der Waals surface area contributed by atoms with Gasteiger partial charge < -0.3 is 15.4 Å². The van der Waals surface area contributed by atoms with Gasteiger partial charge in [-0.1, -0.05) is 54.1 Å². The zero-order valence-electron chi connectivity index (χ0n) is 15.0. The van der Waals surface area contributed by atoms with Gasteiger partial charge in [0.1, 0.15) is 11.8 Å². The molecule has 0 aliphatic carbocycles. The fourth-order valence-electron chi connectivity index (χ4n) is 2.71. The molecule has 0 saturated heterocycles. The lowest BCUT2D eigenvalue weighted by Gasteiger charge is -2.21. The second-order valence-electron chi connectivity index (χ2n) is 5.91. The van der Waals surface area contributed by atoms with Crippen LogP contribution in [0.15, 0.2) is 78.9 Å². The van der Waals surface area contributed by atoms with Gasteiger partial charge in [0, 0.05) is 10.7 Å². The molecule has 0 spiro atoms. The Bertz CT molecular complexity index is 882. The molecule has 0 radical (unpaired) electrons. The molecule has 0 unspecified atom stereocenters. The van der Waals surface area contributed by atoms with E-state index in [0.717, 1.165) is 11.3 Å². The number of anilines is 2. The zero-order valence-corrected chi connectivity index (χ0v) is 15.7. The molecule has 0 bridgehead atoms. The first-order valence-electron chi connectivity index (χ1n) is 8.77. The smallest absolute Gasteiger partial charge is 0.251 e. The third kappa shape index (κ3) is 5.02. The van der Waals surface area contributed by atoms with Crippen molar-refractivity contribution >= 4 is 28.9 Å². The lowest BCUT2D eigenvalue weighted by Crippen LogP contribution is -2.27. The predicted molar refractivity (Wildman–Crippen MR) is 110 cm³/mol. The molecule has 0 aromatic heterocycles. The van der Waals surface area contributed by atoms with Gasteiger partial charge in [-0.3, -0.25) is 4.79 Å². The summed E-state index contributed by atoms with van der Waals surface area (Å²) in [5.41, 5.74) is 2.31. The highest BCUT2D eigenvalue weighted by atomic mass is 35.5. The Morgan fingerprint density at radius 1 is 0.963 bits per heavy atom. The van der Waals surface area contributed by atoms with Crippen LogP contribution in [-0.4, -0.2) is 12.5 Å². The molecule has 0 saturated carbocycles. The normalized spacial score (nSPS) is 11.5. The van der Waals surface area contributed by atoms with Gasteiger partial charge >= 0.3 is 0 Å². The second-order valence-corrected chi connectivity index (χ2v) is 6.35. The number of rotatable bonds is 7. The predicted octanol–water partition coefficient (Wildman–Crippen LogP) is 5.53. The summed E-state index contributed by atoms with van der Waals surface area (Å²) >= 11 is 5.96. The molecule has 3 rings (SSSR count). The standard InChI is InChI=1S/C22H21ClN2O2/c1-2-27-20-11-7-6-10-19(20)25-22(26)21(16-8-4-3-5-9-16)24-18-14-12-17(23)13-15-18/h3-15,21,24H,2H2,1H3,(H,25,26)/t21-/m0/s1. The molecule has 1 atom stereocenters. The third-order valence-corrected chi connectivity index (χ3v) is 4.25. The van der Waals surface area contributed by atoms with Crippen LogP contribution in [0.5, 0.6) is 5.75 Å². The Hall–Kier alpha value is -2.98. The molecule has 3 aromatic rings. The van der Waals surface area contributed by atoms with Crippen molar-refractivity contribution in [1.82, 2.24) is 0 Å². The molecule has 27 heavy (non-hydrogen) atoms. The quantitative estimate of drug-likeness (QED) is 0.566. The van der Waals surface area contributed by atoms with Crippen molar-refractivity contribution in [3.05, 3.63) is 89.4 Å². The highest BCUT2D eigenvalue weighted by Gasteiger charge is 2.21. The van der Waals surface area contributed by atoms with E-state index in [4.69, 9.17) is 16.3 Å². The van der Waals surface area contributed by atoms with Crippen molar-refractivity contribution in [2.45, 2.75) is 13.0 Å².